The molecule has 0 saturated heterocycles. The van der Waals surface area contributed by atoms with Gasteiger partial charge in [0, 0.05) is 17.3 Å². The fourth-order valence-corrected chi connectivity index (χ4v) is 3.21. The number of nitrogens with one attached hydrogen (secondary N) is 2. The summed E-state index contributed by atoms with van der Waals surface area (Å²) in [6.07, 6.45) is 0.587. The van der Waals surface area contributed by atoms with E-state index in [4.69, 9.17) is 11.6 Å². The third-order valence-electron chi connectivity index (χ3n) is 3.64. The molecular weight excluding hydrogens is 362 g/mol. The van der Waals surface area contributed by atoms with Gasteiger partial charge in [0.1, 0.15) is 17.4 Å². The molecule has 2 N–H and O–H groups in total. The number of aromatic nitrogens is 4. The Labute approximate surface area is 152 Å². The van der Waals surface area contributed by atoms with Gasteiger partial charge in [-0.05, 0) is 24.8 Å². The van der Waals surface area contributed by atoms with E-state index in [9.17, 15) is 9.59 Å². The summed E-state index contributed by atoms with van der Waals surface area (Å²) in [6, 6.07) is 5.56. The minimum absolute atomic E-state index is 0.183. The van der Waals surface area contributed by atoms with Crippen LogP contribution in [-0.2, 0) is 11.2 Å². The van der Waals surface area contributed by atoms with Crippen molar-refractivity contribution in [1.29, 1.82) is 0 Å². The van der Waals surface area contributed by atoms with Crippen LogP contribution < -0.4 is 10.9 Å². The number of halogens is 1. The summed E-state index contributed by atoms with van der Waals surface area (Å²) < 4.78 is 1.41. The second-order valence-electron chi connectivity index (χ2n) is 5.29. The number of thiophene rings is 1. The molecule has 0 saturated carbocycles. The van der Waals surface area contributed by atoms with Crippen molar-refractivity contribution in [2.45, 2.75) is 20.3 Å². The fraction of sp³-hybridized carbons (Fsp3) is 0.250. The van der Waals surface area contributed by atoms with Crippen LogP contribution in [0.25, 0.3) is 16.5 Å². The molecule has 1 amide bonds. The molecule has 3 aromatic heterocycles. The molecule has 9 heteroatoms. The number of anilines is 1. The van der Waals surface area contributed by atoms with E-state index in [1.807, 2.05) is 24.4 Å². The minimum Gasteiger partial charge on any atom is -0.309 e. The molecule has 0 aromatic carbocycles. The van der Waals surface area contributed by atoms with Gasteiger partial charge >= 0.3 is 0 Å². The first-order valence-corrected chi connectivity index (χ1v) is 9.04. The zero-order valence-electron chi connectivity index (χ0n) is 13.7. The number of alkyl halides is 1. The summed E-state index contributed by atoms with van der Waals surface area (Å²) >= 11 is 7.11. The van der Waals surface area contributed by atoms with Crippen LogP contribution in [0.5, 0.6) is 0 Å². The molecule has 0 bridgehead atoms. The van der Waals surface area contributed by atoms with Gasteiger partial charge in [0.25, 0.3) is 5.56 Å². The van der Waals surface area contributed by atoms with E-state index >= 15 is 0 Å². The number of amides is 1. The smallest absolute Gasteiger partial charge is 0.255 e. The summed E-state index contributed by atoms with van der Waals surface area (Å²) in [6.45, 7) is 3.67. The van der Waals surface area contributed by atoms with E-state index in [0.717, 1.165) is 4.88 Å². The van der Waals surface area contributed by atoms with Crippen molar-refractivity contribution >= 4 is 34.7 Å². The second kappa shape index (κ2) is 7.20. The number of aryl methyl sites for hydroxylation is 1. The lowest BCUT2D eigenvalue weighted by molar-refractivity contribution is -0.114. The van der Waals surface area contributed by atoms with Crippen molar-refractivity contribution < 1.29 is 4.79 Å². The number of H-pyrrole nitrogens is 1. The molecule has 7 nitrogen and oxygen atoms in total. The summed E-state index contributed by atoms with van der Waals surface area (Å²) in [5.74, 6) is 0.0788. The Morgan fingerprint density at radius 2 is 2.28 bits per heavy atom. The van der Waals surface area contributed by atoms with E-state index in [0.29, 0.717) is 29.2 Å². The Bertz CT molecular complexity index is 962. The van der Waals surface area contributed by atoms with Crippen molar-refractivity contribution in [3.8, 4) is 16.5 Å². The Hall–Kier alpha value is -2.45. The van der Waals surface area contributed by atoms with Gasteiger partial charge in [0.15, 0.2) is 0 Å². The molecule has 0 atom stereocenters. The molecular formula is C16H16ClN5O2S. The van der Waals surface area contributed by atoms with E-state index in [2.05, 4.69) is 20.4 Å². The molecule has 0 unspecified atom stereocenters. The molecule has 25 heavy (non-hydrogen) atoms. The average Bonchev–Trinajstić information content (AvgIpc) is 3.23. The number of hydrogen-bond donors (Lipinski definition) is 2. The zero-order chi connectivity index (χ0) is 18.0. The fourth-order valence-electron chi connectivity index (χ4n) is 2.46. The van der Waals surface area contributed by atoms with Crippen LogP contribution in [0, 0.1) is 6.92 Å². The molecule has 0 radical (unpaired) electrons. The molecule has 3 heterocycles. The lowest BCUT2D eigenvalue weighted by Gasteiger charge is -2.09. The molecule has 3 aromatic rings. The maximum Gasteiger partial charge on any atom is 0.255 e. The topological polar surface area (TPSA) is 92.7 Å². The van der Waals surface area contributed by atoms with Crippen LogP contribution in [0.2, 0.25) is 0 Å². The highest BCUT2D eigenvalue weighted by atomic mass is 35.5. The van der Waals surface area contributed by atoms with Gasteiger partial charge in [0.2, 0.25) is 11.9 Å². The minimum atomic E-state index is -0.371. The summed E-state index contributed by atoms with van der Waals surface area (Å²) in [4.78, 5) is 32.1. The monoisotopic (exact) mass is 377 g/mol. The zero-order valence-corrected chi connectivity index (χ0v) is 15.2. The van der Waals surface area contributed by atoms with Crippen molar-refractivity contribution in [1.82, 2.24) is 19.7 Å². The standard InChI is InChI=1S/C16H16ClN5O2S/c1-3-10-9(2)18-16(20-15(10)24)22-13(19-14(23)8-17)7-11(21-22)12-5-4-6-25-12/h4-7H,3,8H2,1-2H3,(H,19,23)(H,18,20,24). The first-order valence-electron chi connectivity index (χ1n) is 7.63. The lowest BCUT2D eigenvalue weighted by atomic mass is 10.2. The number of hydrogen-bond acceptors (Lipinski definition) is 5. The Balaban J connectivity index is 2.13. The van der Waals surface area contributed by atoms with Crippen LogP contribution in [0.15, 0.2) is 28.4 Å². The summed E-state index contributed by atoms with van der Waals surface area (Å²) in [5.41, 5.74) is 1.71. The van der Waals surface area contributed by atoms with Gasteiger partial charge in [0.05, 0.1) is 4.88 Å². The highest BCUT2D eigenvalue weighted by Gasteiger charge is 2.17. The molecule has 0 aliphatic heterocycles. The average molecular weight is 378 g/mol. The Kier molecular flexibility index (Phi) is 5.00. The van der Waals surface area contributed by atoms with Crippen LogP contribution in [0.4, 0.5) is 5.82 Å². The van der Waals surface area contributed by atoms with Crippen molar-refractivity contribution in [3.63, 3.8) is 0 Å². The van der Waals surface area contributed by atoms with Crippen LogP contribution in [0.1, 0.15) is 18.2 Å². The highest BCUT2D eigenvalue weighted by Crippen LogP contribution is 2.27. The van der Waals surface area contributed by atoms with Crippen LogP contribution >= 0.6 is 22.9 Å². The SMILES string of the molecule is CCc1c(C)nc(-n2nc(-c3cccs3)cc2NC(=O)CCl)[nH]c1=O. The third-order valence-corrected chi connectivity index (χ3v) is 4.77. The van der Waals surface area contributed by atoms with E-state index in [1.165, 1.54) is 16.0 Å². The maximum absolute atomic E-state index is 12.2. The first kappa shape index (κ1) is 17.4. The number of carbonyl (C=O) groups is 1. The van der Waals surface area contributed by atoms with Gasteiger partial charge in [-0.1, -0.05) is 13.0 Å². The Morgan fingerprint density at radius 1 is 1.48 bits per heavy atom. The van der Waals surface area contributed by atoms with E-state index in [-0.39, 0.29) is 23.3 Å². The lowest BCUT2D eigenvalue weighted by Crippen LogP contribution is -2.22. The molecule has 0 aliphatic carbocycles. The van der Waals surface area contributed by atoms with Gasteiger partial charge in [-0.3, -0.25) is 14.6 Å². The molecule has 130 valence electrons. The second-order valence-corrected chi connectivity index (χ2v) is 6.51. The van der Waals surface area contributed by atoms with Gasteiger partial charge in [-0.2, -0.15) is 9.78 Å². The Morgan fingerprint density at radius 3 is 2.88 bits per heavy atom. The van der Waals surface area contributed by atoms with Crippen LogP contribution in [0.3, 0.4) is 0 Å². The highest BCUT2D eigenvalue weighted by molar-refractivity contribution is 7.13. The maximum atomic E-state index is 12.2. The normalized spacial score (nSPS) is 10.8. The van der Waals surface area contributed by atoms with Gasteiger partial charge < -0.3 is 5.32 Å². The first-order chi connectivity index (χ1) is 12.0. The molecule has 0 spiro atoms. The summed E-state index contributed by atoms with van der Waals surface area (Å²) in [7, 11) is 0. The summed E-state index contributed by atoms with van der Waals surface area (Å²) in [5, 5.41) is 9.10. The number of nitrogens with zero attached hydrogens (tertiary/aromatic N) is 3. The quantitative estimate of drug-likeness (QED) is 0.668. The predicted molar refractivity (Wildman–Crippen MR) is 98.8 cm³/mol. The number of carbonyl (C=O) groups excluding carboxylic acids is 1. The van der Waals surface area contributed by atoms with E-state index in [1.54, 1.807) is 13.0 Å². The van der Waals surface area contributed by atoms with Gasteiger partial charge in [-0.25, -0.2) is 4.98 Å². The third kappa shape index (κ3) is 3.49. The van der Waals surface area contributed by atoms with Crippen molar-refractivity contribution in [2.24, 2.45) is 0 Å². The van der Waals surface area contributed by atoms with Gasteiger partial charge in [-0.15, -0.1) is 22.9 Å². The van der Waals surface area contributed by atoms with E-state index < -0.39 is 0 Å². The largest absolute Gasteiger partial charge is 0.309 e. The van der Waals surface area contributed by atoms with Crippen molar-refractivity contribution in [3.05, 3.63) is 45.2 Å². The number of aromatic amines is 1. The molecule has 0 aliphatic rings. The predicted octanol–water partition coefficient (Wildman–Crippen LogP) is 2.73. The van der Waals surface area contributed by atoms with Crippen LogP contribution in [-0.4, -0.2) is 31.5 Å². The van der Waals surface area contributed by atoms with Crippen molar-refractivity contribution in [2.75, 3.05) is 11.2 Å². The molecule has 0 fully saturated rings. The molecule has 3 rings (SSSR count). The number of rotatable bonds is 5.